The minimum Gasteiger partial charge on any atom is -0.334 e. The number of aromatic nitrogens is 2. The molecule has 21 heavy (non-hydrogen) atoms. The van der Waals surface area contributed by atoms with Crippen LogP contribution in [-0.2, 0) is 6.54 Å². The number of nitrogens with one attached hydrogen (secondary N) is 1. The number of thioether (sulfide) groups is 1. The molecule has 114 valence electrons. The standard InChI is InChI=1S/C16H22BrN3S/c1-3-10-20-11-9-19-16(20)15(18-4-2)12-21-14-7-5-13(17)6-8-14/h5-9,11,15,18H,3-4,10,12H2,1-2H3. The number of benzene rings is 1. The minimum absolute atomic E-state index is 0.283. The quantitative estimate of drug-likeness (QED) is 0.696. The van der Waals surface area contributed by atoms with Gasteiger partial charge in [0, 0.05) is 34.1 Å². The van der Waals surface area contributed by atoms with Crippen LogP contribution in [0.25, 0.3) is 0 Å². The van der Waals surface area contributed by atoms with Gasteiger partial charge < -0.3 is 9.88 Å². The number of imidazole rings is 1. The zero-order valence-corrected chi connectivity index (χ0v) is 15.0. The fourth-order valence-electron chi connectivity index (χ4n) is 2.24. The van der Waals surface area contributed by atoms with Gasteiger partial charge in [-0.25, -0.2) is 4.98 Å². The Bertz CT molecular complexity index is 539. The van der Waals surface area contributed by atoms with Gasteiger partial charge in [0.15, 0.2) is 0 Å². The van der Waals surface area contributed by atoms with Gasteiger partial charge in [0.05, 0.1) is 6.04 Å². The molecule has 5 heteroatoms. The van der Waals surface area contributed by atoms with Gasteiger partial charge in [0.1, 0.15) is 5.82 Å². The molecule has 0 saturated heterocycles. The van der Waals surface area contributed by atoms with E-state index in [0.29, 0.717) is 0 Å². The van der Waals surface area contributed by atoms with E-state index in [0.717, 1.165) is 35.6 Å². The predicted molar refractivity (Wildman–Crippen MR) is 93.8 cm³/mol. The minimum atomic E-state index is 0.283. The van der Waals surface area contributed by atoms with E-state index in [1.54, 1.807) is 0 Å². The zero-order valence-electron chi connectivity index (χ0n) is 12.6. The van der Waals surface area contributed by atoms with Gasteiger partial charge in [0.25, 0.3) is 0 Å². The lowest BCUT2D eigenvalue weighted by atomic mass is 10.3. The zero-order chi connectivity index (χ0) is 15.1. The monoisotopic (exact) mass is 367 g/mol. The van der Waals surface area contributed by atoms with E-state index in [4.69, 9.17) is 0 Å². The summed E-state index contributed by atoms with van der Waals surface area (Å²) in [7, 11) is 0. The van der Waals surface area contributed by atoms with Crippen molar-refractivity contribution in [1.82, 2.24) is 14.9 Å². The molecule has 0 amide bonds. The highest BCUT2D eigenvalue weighted by Crippen LogP contribution is 2.25. The van der Waals surface area contributed by atoms with Gasteiger partial charge in [0.2, 0.25) is 0 Å². The van der Waals surface area contributed by atoms with E-state index in [1.165, 1.54) is 4.90 Å². The van der Waals surface area contributed by atoms with Gasteiger partial charge in [-0.15, -0.1) is 11.8 Å². The highest BCUT2D eigenvalue weighted by Gasteiger charge is 2.16. The number of aryl methyl sites for hydroxylation is 1. The van der Waals surface area contributed by atoms with Gasteiger partial charge >= 0.3 is 0 Å². The Morgan fingerprint density at radius 1 is 1.29 bits per heavy atom. The Morgan fingerprint density at radius 3 is 2.71 bits per heavy atom. The molecule has 1 atom stereocenters. The average Bonchev–Trinajstić information content (AvgIpc) is 2.94. The van der Waals surface area contributed by atoms with Gasteiger partial charge in [-0.2, -0.15) is 0 Å². The third kappa shape index (κ3) is 4.87. The topological polar surface area (TPSA) is 29.9 Å². The first-order valence-electron chi connectivity index (χ1n) is 7.37. The lowest BCUT2D eigenvalue weighted by Gasteiger charge is -2.18. The number of hydrogen-bond donors (Lipinski definition) is 1. The molecular weight excluding hydrogens is 346 g/mol. The molecule has 0 aliphatic heterocycles. The van der Waals surface area contributed by atoms with Crippen LogP contribution in [0.4, 0.5) is 0 Å². The van der Waals surface area contributed by atoms with Crippen molar-refractivity contribution in [3.05, 3.63) is 47.0 Å². The SMILES string of the molecule is CCCn1ccnc1C(CSc1ccc(Br)cc1)NCC. The molecule has 0 aliphatic rings. The lowest BCUT2D eigenvalue weighted by Crippen LogP contribution is -2.26. The molecule has 0 bridgehead atoms. The van der Waals surface area contributed by atoms with Crippen molar-refractivity contribution in [1.29, 1.82) is 0 Å². The first kappa shape index (κ1) is 16.6. The summed E-state index contributed by atoms with van der Waals surface area (Å²) in [6.07, 6.45) is 5.11. The fraction of sp³-hybridized carbons (Fsp3) is 0.438. The summed E-state index contributed by atoms with van der Waals surface area (Å²) in [6, 6.07) is 8.75. The van der Waals surface area contributed by atoms with Crippen molar-refractivity contribution in [2.45, 2.75) is 37.8 Å². The largest absolute Gasteiger partial charge is 0.334 e. The summed E-state index contributed by atoms with van der Waals surface area (Å²) in [5.74, 6) is 2.12. The molecule has 3 nitrogen and oxygen atoms in total. The van der Waals surface area contributed by atoms with Crippen LogP contribution < -0.4 is 5.32 Å². The third-order valence-corrected chi connectivity index (χ3v) is 4.84. The molecule has 1 unspecified atom stereocenters. The highest BCUT2D eigenvalue weighted by atomic mass is 79.9. The Hall–Kier alpha value is -0.780. The number of nitrogens with zero attached hydrogens (tertiary/aromatic N) is 2. The third-order valence-electron chi connectivity index (χ3n) is 3.20. The summed E-state index contributed by atoms with van der Waals surface area (Å²) in [5, 5.41) is 3.55. The number of halogens is 1. The first-order valence-corrected chi connectivity index (χ1v) is 9.15. The van der Waals surface area contributed by atoms with Crippen molar-refractivity contribution in [3.8, 4) is 0 Å². The second kappa shape index (κ2) is 8.61. The molecule has 2 aromatic rings. The maximum Gasteiger partial charge on any atom is 0.126 e. The summed E-state index contributed by atoms with van der Waals surface area (Å²) in [6.45, 7) is 6.32. The summed E-state index contributed by atoms with van der Waals surface area (Å²) in [5.41, 5.74) is 0. The molecule has 1 heterocycles. The molecule has 0 fully saturated rings. The smallest absolute Gasteiger partial charge is 0.126 e. The highest BCUT2D eigenvalue weighted by molar-refractivity contribution is 9.10. The fourth-order valence-corrected chi connectivity index (χ4v) is 3.46. The van der Waals surface area contributed by atoms with Crippen molar-refractivity contribution >= 4 is 27.7 Å². The Labute approximate surface area is 139 Å². The summed E-state index contributed by atoms with van der Waals surface area (Å²) >= 11 is 5.34. The van der Waals surface area contributed by atoms with Crippen LogP contribution in [0.5, 0.6) is 0 Å². The molecule has 0 aliphatic carbocycles. The van der Waals surface area contributed by atoms with E-state index in [9.17, 15) is 0 Å². The Kier molecular flexibility index (Phi) is 6.80. The molecule has 0 radical (unpaired) electrons. The maximum absolute atomic E-state index is 4.56. The van der Waals surface area contributed by atoms with Gasteiger partial charge in [-0.3, -0.25) is 0 Å². The van der Waals surface area contributed by atoms with E-state index in [-0.39, 0.29) is 6.04 Å². The van der Waals surface area contributed by atoms with Crippen LogP contribution in [-0.4, -0.2) is 21.8 Å². The van der Waals surface area contributed by atoms with Crippen molar-refractivity contribution in [3.63, 3.8) is 0 Å². The van der Waals surface area contributed by atoms with Crippen LogP contribution in [0.3, 0.4) is 0 Å². The summed E-state index contributed by atoms with van der Waals surface area (Å²) < 4.78 is 3.38. The predicted octanol–water partition coefficient (Wildman–Crippen LogP) is 4.50. The maximum atomic E-state index is 4.56. The molecule has 0 spiro atoms. The van der Waals surface area contributed by atoms with Crippen LogP contribution in [0, 0.1) is 0 Å². The second-order valence-corrected chi connectivity index (χ2v) is 6.86. The van der Waals surface area contributed by atoms with Gasteiger partial charge in [-0.05, 0) is 37.2 Å². The molecule has 1 aromatic heterocycles. The second-order valence-electron chi connectivity index (χ2n) is 4.85. The summed E-state index contributed by atoms with van der Waals surface area (Å²) in [4.78, 5) is 5.85. The molecular formula is C16H22BrN3S. The molecule has 0 saturated carbocycles. The van der Waals surface area contributed by atoms with Crippen LogP contribution in [0.1, 0.15) is 32.1 Å². The number of rotatable bonds is 8. The first-order chi connectivity index (χ1) is 10.2. The Morgan fingerprint density at radius 2 is 2.05 bits per heavy atom. The van der Waals surface area contributed by atoms with Crippen molar-refractivity contribution < 1.29 is 0 Å². The van der Waals surface area contributed by atoms with E-state index in [2.05, 4.69) is 75.1 Å². The van der Waals surface area contributed by atoms with E-state index < -0.39 is 0 Å². The van der Waals surface area contributed by atoms with Crippen molar-refractivity contribution in [2.24, 2.45) is 0 Å². The molecule has 2 rings (SSSR count). The van der Waals surface area contributed by atoms with Crippen molar-refractivity contribution in [2.75, 3.05) is 12.3 Å². The van der Waals surface area contributed by atoms with E-state index >= 15 is 0 Å². The Balaban J connectivity index is 2.04. The molecule has 1 aromatic carbocycles. The van der Waals surface area contributed by atoms with Crippen LogP contribution in [0.15, 0.2) is 46.0 Å². The van der Waals surface area contributed by atoms with Crippen LogP contribution >= 0.6 is 27.7 Å². The van der Waals surface area contributed by atoms with Gasteiger partial charge in [-0.1, -0.05) is 29.8 Å². The normalized spacial score (nSPS) is 12.5. The number of hydrogen-bond acceptors (Lipinski definition) is 3. The lowest BCUT2D eigenvalue weighted by molar-refractivity contribution is 0.527. The van der Waals surface area contributed by atoms with Crippen LogP contribution in [0.2, 0.25) is 0 Å². The average molecular weight is 368 g/mol. The van der Waals surface area contributed by atoms with E-state index in [1.807, 2.05) is 18.0 Å². The molecule has 1 N–H and O–H groups in total.